The second-order valence-corrected chi connectivity index (χ2v) is 8.65. The molecule has 7 heteroatoms. The van der Waals surface area contributed by atoms with Crippen LogP contribution in [-0.2, 0) is 4.87 Å². The van der Waals surface area contributed by atoms with E-state index in [2.05, 4.69) is 11.4 Å². The molecule has 0 fully saturated rings. The number of anilines is 1. The Hall–Kier alpha value is -2.09. The van der Waals surface area contributed by atoms with Crippen LogP contribution in [0.15, 0.2) is 69.3 Å². The molecule has 4 nitrogen and oxygen atoms in total. The van der Waals surface area contributed by atoms with Crippen molar-refractivity contribution < 1.29 is 9.52 Å². The molecule has 2 aromatic heterocycles. The summed E-state index contributed by atoms with van der Waals surface area (Å²) in [5, 5.41) is 16.2. The molecular weight excluding hydrogens is 396 g/mol. The Morgan fingerprint density at radius 1 is 1.07 bits per heavy atom. The molecule has 27 heavy (non-hydrogen) atoms. The number of para-hydroxylation sites is 3. The van der Waals surface area contributed by atoms with Gasteiger partial charge in [-0.3, -0.25) is 0 Å². The standard InChI is InChI=1S/C20H18N2O2S3/c1-25-16-10-5-8-14(18(16)23)22-20(26-2,17-11-6-12-27-17)19-21-13-7-3-4-9-15(13)24-19/h3-12,22-23H,1-2H3. The van der Waals surface area contributed by atoms with Crippen LogP contribution < -0.4 is 5.32 Å². The fourth-order valence-electron chi connectivity index (χ4n) is 2.94. The minimum atomic E-state index is -0.748. The number of nitrogens with zero attached hydrogens (tertiary/aromatic N) is 1. The molecule has 2 N–H and O–H groups in total. The summed E-state index contributed by atoms with van der Waals surface area (Å²) in [5.41, 5.74) is 2.20. The Kier molecular flexibility index (Phi) is 5.08. The highest BCUT2D eigenvalue weighted by Gasteiger charge is 2.40. The maximum atomic E-state index is 10.7. The van der Waals surface area contributed by atoms with E-state index in [0.717, 1.165) is 20.9 Å². The number of phenols is 1. The van der Waals surface area contributed by atoms with Crippen LogP contribution in [0.25, 0.3) is 11.1 Å². The van der Waals surface area contributed by atoms with E-state index in [0.29, 0.717) is 11.6 Å². The van der Waals surface area contributed by atoms with Crippen LogP contribution in [0.2, 0.25) is 0 Å². The molecule has 0 bridgehead atoms. The third-order valence-electron chi connectivity index (χ3n) is 4.30. The second-order valence-electron chi connectivity index (χ2n) is 5.83. The van der Waals surface area contributed by atoms with Crippen molar-refractivity contribution in [1.82, 2.24) is 4.98 Å². The molecule has 4 rings (SSSR count). The van der Waals surface area contributed by atoms with Gasteiger partial charge >= 0.3 is 0 Å². The zero-order valence-electron chi connectivity index (χ0n) is 14.8. The lowest BCUT2D eigenvalue weighted by Crippen LogP contribution is -2.32. The molecule has 2 heterocycles. The zero-order chi connectivity index (χ0) is 18.9. The van der Waals surface area contributed by atoms with Crippen molar-refractivity contribution in [3.8, 4) is 5.75 Å². The predicted molar refractivity (Wildman–Crippen MR) is 116 cm³/mol. The van der Waals surface area contributed by atoms with Gasteiger partial charge in [0.25, 0.3) is 0 Å². The largest absolute Gasteiger partial charge is 0.505 e. The summed E-state index contributed by atoms with van der Waals surface area (Å²) in [4.78, 5) is 5.87. The van der Waals surface area contributed by atoms with Crippen molar-refractivity contribution in [1.29, 1.82) is 0 Å². The summed E-state index contributed by atoms with van der Waals surface area (Å²) < 4.78 is 6.14. The van der Waals surface area contributed by atoms with E-state index in [1.54, 1.807) is 23.1 Å². The van der Waals surface area contributed by atoms with Gasteiger partial charge in [-0.2, -0.15) is 0 Å². The number of fused-ring (bicyclic) bond motifs is 1. The number of rotatable bonds is 6. The van der Waals surface area contributed by atoms with Crippen LogP contribution in [0.3, 0.4) is 0 Å². The Morgan fingerprint density at radius 2 is 1.93 bits per heavy atom. The molecule has 138 valence electrons. The first kappa shape index (κ1) is 18.3. The zero-order valence-corrected chi connectivity index (χ0v) is 17.3. The van der Waals surface area contributed by atoms with E-state index in [1.807, 2.05) is 66.4 Å². The molecule has 0 saturated carbocycles. The molecule has 0 saturated heterocycles. The molecule has 0 amide bonds. The SMILES string of the molecule is CSc1cccc(NC(SC)(c2nc3ccccc3o2)c2cccs2)c1O. The Labute approximate surface area is 170 Å². The van der Waals surface area contributed by atoms with Crippen LogP contribution in [0.1, 0.15) is 10.8 Å². The lowest BCUT2D eigenvalue weighted by atomic mass is 10.2. The van der Waals surface area contributed by atoms with Crippen molar-refractivity contribution in [2.45, 2.75) is 9.77 Å². The van der Waals surface area contributed by atoms with Gasteiger partial charge in [-0.1, -0.05) is 24.3 Å². The van der Waals surface area contributed by atoms with Crippen LogP contribution in [-0.4, -0.2) is 22.6 Å². The third-order valence-corrected chi connectivity index (χ3v) is 7.30. The molecule has 2 aromatic carbocycles. The second kappa shape index (κ2) is 7.50. The van der Waals surface area contributed by atoms with E-state index < -0.39 is 4.87 Å². The summed E-state index contributed by atoms with van der Waals surface area (Å²) in [5.74, 6) is 0.795. The van der Waals surface area contributed by atoms with Crippen molar-refractivity contribution in [3.63, 3.8) is 0 Å². The van der Waals surface area contributed by atoms with Gasteiger partial charge in [-0.25, -0.2) is 4.98 Å². The minimum absolute atomic E-state index is 0.232. The average Bonchev–Trinajstić information content (AvgIpc) is 3.37. The van der Waals surface area contributed by atoms with Crippen molar-refractivity contribution >= 4 is 51.6 Å². The fraction of sp³-hybridized carbons (Fsp3) is 0.150. The Balaban J connectivity index is 1.89. The molecule has 1 unspecified atom stereocenters. The summed E-state index contributed by atoms with van der Waals surface area (Å²) >= 11 is 4.72. The van der Waals surface area contributed by atoms with Crippen molar-refractivity contribution in [2.24, 2.45) is 0 Å². The van der Waals surface area contributed by atoms with E-state index in [-0.39, 0.29) is 5.75 Å². The number of thioether (sulfide) groups is 2. The van der Waals surface area contributed by atoms with E-state index in [9.17, 15) is 5.11 Å². The van der Waals surface area contributed by atoms with Crippen LogP contribution in [0.4, 0.5) is 5.69 Å². The van der Waals surface area contributed by atoms with Crippen molar-refractivity contribution in [2.75, 3.05) is 17.8 Å². The first-order chi connectivity index (χ1) is 13.2. The number of aromatic hydroxyl groups is 1. The fourth-order valence-corrected chi connectivity index (χ4v) is 5.36. The van der Waals surface area contributed by atoms with Gasteiger partial charge in [0.15, 0.2) is 16.2 Å². The monoisotopic (exact) mass is 414 g/mol. The summed E-state index contributed by atoms with van der Waals surface area (Å²) in [6, 6.07) is 17.5. The summed E-state index contributed by atoms with van der Waals surface area (Å²) in [7, 11) is 0. The normalized spacial score (nSPS) is 13.6. The average molecular weight is 415 g/mol. The number of thiophene rings is 1. The quantitative estimate of drug-likeness (QED) is 0.229. The molecule has 1 atom stereocenters. The van der Waals surface area contributed by atoms with Crippen LogP contribution in [0.5, 0.6) is 5.75 Å². The summed E-state index contributed by atoms with van der Waals surface area (Å²) in [6.07, 6.45) is 3.96. The lowest BCUT2D eigenvalue weighted by Gasteiger charge is -2.30. The number of oxazole rings is 1. The number of hydrogen-bond acceptors (Lipinski definition) is 7. The lowest BCUT2D eigenvalue weighted by molar-refractivity contribution is 0.461. The number of nitrogens with one attached hydrogen (secondary N) is 1. The third kappa shape index (κ3) is 3.20. The molecule has 4 aromatic rings. The van der Waals surface area contributed by atoms with Gasteiger partial charge in [0.2, 0.25) is 5.89 Å². The molecule has 0 aliphatic carbocycles. The first-order valence-electron chi connectivity index (χ1n) is 8.27. The molecule has 0 spiro atoms. The molecule has 0 radical (unpaired) electrons. The smallest absolute Gasteiger partial charge is 0.237 e. The highest BCUT2D eigenvalue weighted by atomic mass is 32.2. The topological polar surface area (TPSA) is 58.3 Å². The van der Waals surface area contributed by atoms with Gasteiger partial charge in [0.1, 0.15) is 5.52 Å². The van der Waals surface area contributed by atoms with E-state index in [4.69, 9.17) is 9.40 Å². The highest BCUT2D eigenvalue weighted by Crippen LogP contribution is 2.46. The van der Waals surface area contributed by atoms with Gasteiger partial charge in [-0.05, 0) is 48.2 Å². The maximum absolute atomic E-state index is 10.7. The van der Waals surface area contributed by atoms with Gasteiger partial charge in [0.05, 0.1) is 10.6 Å². The molecular formula is C20H18N2O2S3. The highest BCUT2D eigenvalue weighted by molar-refractivity contribution is 8.00. The minimum Gasteiger partial charge on any atom is -0.505 e. The summed E-state index contributed by atoms with van der Waals surface area (Å²) in [6.45, 7) is 0. The van der Waals surface area contributed by atoms with E-state index in [1.165, 1.54) is 11.8 Å². The molecule has 0 aliphatic rings. The first-order valence-corrected chi connectivity index (χ1v) is 11.6. The maximum Gasteiger partial charge on any atom is 0.237 e. The van der Waals surface area contributed by atoms with Crippen molar-refractivity contribution in [3.05, 3.63) is 70.7 Å². The Bertz CT molecular complexity index is 1030. The predicted octanol–water partition coefficient (Wildman–Crippen LogP) is 5.99. The van der Waals surface area contributed by atoms with Gasteiger partial charge in [0, 0.05) is 4.88 Å². The van der Waals surface area contributed by atoms with Crippen LogP contribution >= 0.6 is 34.9 Å². The van der Waals surface area contributed by atoms with Gasteiger partial charge in [-0.15, -0.1) is 34.9 Å². The molecule has 0 aliphatic heterocycles. The Morgan fingerprint density at radius 3 is 2.63 bits per heavy atom. The number of aromatic nitrogens is 1. The number of benzene rings is 2. The number of phenolic OH excluding ortho intramolecular Hbond substituents is 1. The number of hydrogen-bond donors (Lipinski definition) is 2. The van der Waals surface area contributed by atoms with Gasteiger partial charge < -0.3 is 14.8 Å². The van der Waals surface area contributed by atoms with Crippen LogP contribution in [0, 0.1) is 0 Å². The van der Waals surface area contributed by atoms with E-state index >= 15 is 0 Å².